The summed E-state index contributed by atoms with van der Waals surface area (Å²) in [7, 11) is 0. The standard InChI is InChI=1S/C36H37N5O4.C2HF3O2/c1-3-4-15-33-38-30-22-31(40-21-10-20-39(35(40)42)23-26-11-6-5-7-12-26)25(2)37-34(30)41(33)24-27-16-18-28(19-17-27)29-13-8-9-14-32(29)45-36(43)44;3-2(4,5)1(6)7/h5-9,11-14,16-19,22H,3-4,10,15,20-21,23-24H2,1-2H3,(H,43,44);(H,6,7). The van der Waals surface area contributed by atoms with Crippen molar-refractivity contribution in [2.75, 3.05) is 18.0 Å². The van der Waals surface area contributed by atoms with Crippen molar-refractivity contribution >= 4 is 35.0 Å². The Morgan fingerprint density at radius 3 is 2.19 bits per heavy atom. The van der Waals surface area contributed by atoms with Gasteiger partial charge in [0.1, 0.15) is 17.1 Å². The summed E-state index contributed by atoms with van der Waals surface area (Å²) in [4.78, 5) is 47.5. The van der Waals surface area contributed by atoms with Gasteiger partial charge < -0.3 is 24.4 Å². The summed E-state index contributed by atoms with van der Waals surface area (Å²) in [5, 5.41) is 16.3. The summed E-state index contributed by atoms with van der Waals surface area (Å²) in [6.07, 6.45) is -2.66. The van der Waals surface area contributed by atoms with Gasteiger partial charge in [-0.25, -0.2) is 24.4 Å². The van der Waals surface area contributed by atoms with Crippen molar-refractivity contribution < 1.29 is 42.5 Å². The molecular weight excluding hydrogens is 679 g/mol. The SMILES string of the molecule is CCCCc1nc2cc(N3CCCN(Cc4ccccc4)C3=O)c(C)nc2n1Cc1ccc(-c2ccccc2OC(=O)O)cc1.O=C(O)C(F)(F)F. The quantitative estimate of drug-likeness (QED) is 0.109. The summed E-state index contributed by atoms with van der Waals surface area (Å²) < 4.78 is 38.9. The molecule has 14 heteroatoms. The number of benzene rings is 3. The number of carboxylic acid groups (broad SMARTS) is 2. The monoisotopic (exact) mass is 717 g/mol. The Balaban J connectivity index is 0.000000679. The van der Waals surface area contributed by atoms with Gasteiger partial charge in [-0.1, -0.05) is 86.1 Å². The zero-order valence-electron chi connectivity index (χ0n) is 28.6. The number of unbranched alkanes of at least 4 members (excludes halogenated alkanes) is 1. The van der Waals surface area contributed by atoms with Gasteiger partial charge in [0.25, 0.3) is 0 Å². The number of aryl methyl sites for hydroxylation is 2. The molecule has 2 aromatic heterocycles. The van der Waals surface area contributed by atoms with Crippen LogP contribution >= 0.6 is 0 Å². The Morgan fingerprint density at radius 2 is 1.54 bits per heavy atom. The first kappa shape index (κ1) is 37.3. The molecule has 1 aliphatic heterocycles. The fraction of sp³-hybridized carbons (Fsp3) is 0.289. The Kier molecular flexibility index (Phi) is 11.8. The first-order valence-electron chi connectivity index (χ1n) is 16.7. The van der Waals surface area contributed by atoms with Crippen LogP contribution in [-0.2, 0) is 24.3 Å². The number of alkyl halides is 3. The number of halogens is 3. The third kappa shape index (κ3) is 9.05. The Labute approximate surface area is 297 Å². The molecular formula is C38H38F3N5O6. The van der Waals surface area contributed by atoms with Crippen LogP contribution in [0.4, 0.5) is 28.4 Å². The van der Waals surface area contributed by atoms with Crippen LogP contribution in [0.2, 0.25) is 0 Å². The van der Waals surface area contributed by atoms with E-state index >= 15 is 0 Å². The maximum absolute atomic E-state index is 13.6. The van der Waals surface area contributed by atoms with Crippen molar-refractivity contribution in [3.63, 3.8) is 0 Å². The lowest BCUT2D eigenvalue weighted by molar-refractivity contribution is -0.192. The minimum Gasteiger partial charge on any atom is -0.475 e. The molecule has 0 atom stereocenters. The number of imidazole rings is 1. The third-order valence-corrected chi connectivity index (χ3v) is 8.47. The molecule has 6 rings (SSSR count). The molecule has 5 aromatic rings. The zero-order valence-corrected chi connectivity index (χ0v) is 28.6. The lowest BCUT2D eigenvalue weighted by Crippen LogP contribution is -2.49. The van der Waals surface area contributed by atoms with Crippen molar-refractivity contribution in [1.29, 1.82) is 0 Å². The molecule has 52 heavy (non-hydrogen) atoms. The largest absolute Gasteiger partial charge is 0.511 e. The molecule has 3 aromatic carbocycles. The second-order valence-corrected chi connectivity index (χ2v) is 12.2. The number of carboxylic acids is 1. The highest BCUT2D eigenvalue weighted by molar-refractivity contribution is 5.95. The van der Waals surface area contributed by atoms with Gasteiger partial charge in [-0.05, 0) is 48.6 Å². The number of hydrogen-bond acceptors (Lipinski definition) is 6. The number of carbonyl (C=O) groups is 3. The van der Waals surface area contributed by atoms with E-state index in [-0.39, 0.29) is 6.03 Å². The average molecular weight is 718 g/mol. The second-order valence-electron chi connectivity index (χ2n) is 12.2. The highest BCUT2D eigenvalue weighted by Crippen LogP contribution is 2.32. The number of amides is 2. The molecule has 3 heterocycles. The van der Waals surface area contributed by atoms with Gasteiger partial charge in [0.15, 0.2) is 5.65 Å². The summed E-state index contributed by atoms with van der Waals surface area (Å²) in [6.45, 7) is 6.67. The summed E-state index contributed by atoms with van der Waals surface area (Å²) in [6, 6.07) is 27.2. The topological polar surface area (TPSA) is 138 Å². The predicted octanol–water partition coefficient (Wildman–Crippen LogP) is 8.32. The number of nitrogens with zero attached hydrogens (tertiary/aromatic N) is 5. The van der Waals surface area contributed by atoms with Gasteiger partial charge in [0.05, 0.1) is 17.9 Å². The van der Waals surface area contributed by atoms with Gasteiger partial charge in [0, 0.05) is 31.6 Å². The van der Waals surface area contributed by atoms with E-state index in [1.807, 2.05) is 77.4 Å². The van der Waals surface area contributed by atoms with E-state index in [2.05, 4.69) is 23.6 Å². The number of fused-ring (bicyclic) bond motifs is 1. The Bertz CT molecular complexity index is 2030. The number of pyridine rings is 1. The van der Waals surface area contributed by atoms with E-state index in [1.54, 1.807) is 12.1 Å². The molecule has 1 aliphatic rings. The smallest absolute Gasteiger partial charge is 0.475 e. The van der Waals surface area contributed by atoms with E-state index in [1.165, 1.54) is 0 Å². The van der Waals surface area contributed by atoms with Crippen molar-refractivity contribution in [2.45, 2.75) is 58.8 Å². The number of anilines is 1. The van der Waals surface area contributed by atoms with Crippen molar-refractivity contribution in [1.82, 2.24) is 19.4 Å². The molecule has 1 fully saturated rings. The number of carbonyl (C=O) groups excluding carboxylic acids is 1. The average Bonchev–Trinajstić information content (AvgIpc) is 3.44. The van der Waals surface area contributed by atoms with E-state index in [0.717, 1.165) is 77.3 Å². The molecule has 0 bridgehead atoms. The maximum Gasteiger partial charge on any atom is 0.511 e. The maximum atomic E-state index is 13.6. The molecule has 11 nitrogen and oxygen atoms in total. The molecule has 0 saturated carbocycles. The number of urea groups is 1. The molecule has 1 saturated heterocycles. The number of aliphatic carboxylic acids is 1. The number of ether oxygens (including phenoxy) is 1. The second kappa shape index (κ2) is 16.4. The normalized spacial score (nSPS) is 13.1. The van der Waals surface area contributed by atoms with Crippen LogP contribution in [0.5, 0.6) is 5.75 Å². The van der Waals surface area contributed by atoms with E-state index < -0.39 is 18.3 Å². The predicted molar refractivity (Wildman–Crippen MR) is 188 cm³/mol. The molecule has 0 spiro atoms. The van der Waals surface area contributed by atoms with Gasteiger partial charge in [-0.2, -0.15) is 13.2 Å². The van der Waals surface area contributed by atoms with Crippen molar-refractivity contribution in [2.24, 2.45) is 0 Å². The highest BCUT2D eigenvalue weighted by atomic mass is 19.4. The van der Waals surface area contributed by atoms with E-state index in [9.17, 15) is 22.8 Å². The fourth-order valence-corrected chi connectivity index (χ4v) is 5.96. The van der Waals surface area contributed by atoms with Crippen molar-refractivity contribution in [3.05, 3.63) is 108 Å². The van der Waals surface area contributed by atoms with Crippen LogP contribution in [0.25, 0.3) is 22.3 Å². The number of rotatable bonds is 10. The fourth-order valence-electron chi connectivity index (χ4n) is 5.96. The first-order chi connectivity index (χ1) is 24.8. The van der Waals surface area contributed by atoms with Crippen LogP contribution in [0.15, 0.2) is 84.9 Å². The number of aromatic nitrogens is 3. The lowest BCUT2D eigenvalue weighted by Gasteiger charge is -2.36. The molecule has 0 unspecified atom stereocenters. The number of para-hydroxylation sites is 1. The van der Waals surface area contributed by atoms with E-state index in [0.29, 0.717) is 30.9 Å². The van der Waals surface area contributed by atoms with E-state index in [4.69, 9.17) is 29.7 Å². The molecule has 0 radical (unpaired) electrons. The third-order valence-electron chi connectivity index (χ3n) is 8.47. The highest BCUT2D eigenvalue weighted by Gasteiger charge is 2.38. The molecule has 2 amide bonds. The lowest BCUT2D eigenvalue weighted by atomic mass is 10.0. The van der Waals surface area contributed by atoms with Crippen LogP contribution < -0.4 is 9.64 Å². The summed E-state index contributed by atoms with van der Waals surface area (Å²) in [5.41, 5.74) is 6.95. The molecule has 272 valence electrons. The van der Waals surface area contributed by atoms with Gasteiger partial charge >= 0.3 is 24.3 Å². The minimum atomic E-state index is -5.08. The van der Waals surface area contributed by atoms with Gasteiger partial charge in [-0.15, -0.1) is 0 Å². The summed E-state index contributed by atoms with van der Waals surface area (Å²) >= 11 is 0. The molecule has 0 aliphatic carbocycles. The minimum absolute atomic E-state index is 0.00425. The summed E-state index contributed by atoms with van der Waals surface area (Å²) in [5.74, 6) is -1.49. The van der Waals surface area contributed by atoms with Crippen LogP contribution in [0, 0.1) is 6.92 Å². The first-order valence-corrected chi connectivity index (χ1v) is 16.7. The van der Waals surface area contributed by atoms with Crippen LogP contribution in [-0.4, -0.2) is 67.1 Å². The van der Waals surface area contributed by atoms with Crippen LogP contribution in [0.1, 0.15) is 48.8 Å². The Hall–Kier alpha value is -5.92. The van der Waals surface area contributed by atoms with Gasteiger partial charge in [-0.3, -0.25) is 4.90 Å². The molecule has 2 N–H and O–H groups in total. The Morgan fingerprint density at radius 1 is 0.885 bits per heavy atom. The number of hydrogen-bond donors (Lipinski definition) is 2. The zero-order chi connectivity index (χ0) is 37.4. The van der Waals surface area contributed by atoms with Gasteiger partial charge in [0.2, 0.25) is 0 Å². The van der Waals surface area contributed by atoms with Crippen LogP contribution in [0.3, 0.4) is 0 Å². The van der Waals surface area contributed by atoms with Crippen molar-refractivity contribution in [3.8, 4) is 16.9 Å².